The molecule has 0 aliphatic heterocycles. The molecule has 0 heterocycles. The first kappa shape index (κ1) is 21.5. The van der Waals surface area contributed by atoms with Crippen molar-refractivity contribution in [1.29, 1.82) is 0 Å². The largest absolute Gasteiger partial charge is 0.457 e. The van der Waals surface area contributed by atoms with Crippen molar-refractivity contribution in [3.8, 4) is 0 Å². The zero-order valence-corrected chi connectivity index (χ0v) is 12.3. The molecule has 0 aliphatic rings. The van der Waals surface area contributed by atoms with Gasteiger partial charge in [0.15, 0.2) is 0 Å². The lowest BCUT2D eigenvalue weighted by molar-refractivity contribution is -0.391. The van der Waals surface area contributed by atoms with E-state index in [-0.39, 0.29) is 12.1 Å². The first-order chi connectivity index (χ1) is 11.5. The van der Waals surface area contributed by atoms with Crippen LogP contribution in [0.2, 0.25) is 0 Å². The van der Waals surface area contributed by atoms with Gasteiger partial charge in [-0.1, -0.05) is 6.07 Å². The molecule has 1 aromatic carbocycles. The molecular formula is C12H7F9N2O3. The Kier molecular flexibility index (Phi) is 5.23. The maximum Gasteiger partial charge on any atom is 0.457 e. The Hall–Kier alpha value is -2.54. The standard InChI is InChI=1S/C12H7F9N2O3/c1-5(24)22-7-3-2-6(4-8(7)23(25)26)9(13,11(16,17)18)10(14,15)12(19,20)21/h2-4H,1H3,(H,22,24). The second-order valence-corrected chi connectivity index (χ2v) is 4.90. The zero-order valence-electron chi connectivity index (χ0n) is 12.3. The van der Waals surface area contributed by atoms with Crippen LogP contribution in [-0.2, 0) is 10.5 Å². The lowest BCUT2D eigenvalue weighted by Crippen LogP contribution is -2.59. The van der Waals surface area contributed by atoms with E-state index in [1.165, 1.54) is 0 Å². The van der Waals surface area contributed by atoms with E-state index in [2.05, 4.69) is 0 Å². The third-order valence-electron chi connectivity index (χ3n) is 3.08. The van der Waals surface area contributed by atoms with Crippen molar-refractivity contribution in [3.05, 3.63) is 33.9 Å². The van der Waals surface area contributed by atoms with E-state index >= 15 is 0 Å². The molecule has 0 aromatic heterocycles. The molecule has 0 fully saturated rings. The topological polar surface area (TPSA) is 72.2 Å². The van der Waals surface area contributed by atoms with Gasteiger partial charge in [0.25, 0.3) is 5.69 Å². The van der Waals surface area contributed by atoms with E-state index in [0.29, 0.717) is 0 Å². The summed E-state index contributed by atoms with van der Waals surface area (Å²) in [6, 6.07) is -0.398. The van der Waals surface area contributed by atoms with E-state index < -0.39 is 57.8 Å². The normalized spacial score (nSPS) is 15.3. The van der Waals surface area contributed by atoms with Gasteiger partial charge >= 0.3 is 23.9 Å². The molecule has 146 valence electrons. The third kappa shape index (κ3) is 3.39. The van der Waals surface area contributed by atoms with Gasteiger partial charge in [-0.05, 0) is 6.07 Å². The van der Waals surface area contributed by atoms with Gasteiger partial charge in [-0.2, -0.15) is 35.1 Å². The minimum absolute atomic E-state index is 0.161. The fraction of sp³-hybridized carbons (Fsp3) is 0.417. The number of nitro groups is 1. The van der Waals surface area contributed by atoms with Gasteiger partial charge in [0.05, 0.1) is 4.92 Å². The number of halogens is 9. The molecular weight excluding hydrogens is 391 g/mol. The molecule has 14 heteroatoms. The molecule has 0 saturated heterocycles. The second kappa shape index (κ2) is 6.32. The van der Waals surface area contributed by atoms with Gasteiger partial charge in [0, 0.05) is 18.6 Å². The summed E-state index contributed by atoms with van der Waals surface area (Å²) in [5, 5.41) is 12.6. The Bertz CT molecular complexity index is 730. The predicted molar refractivity (Wildman–Crippen MR) is 67.2 cm³/mol. The number of benzene rings is 1. The number of nitrogens with one attached hydrogen (secondary N) is 1. The van der Waals surface area contributed by atoms with Gasteiger partial charge < -0.3 is 5.32 Å². The number of nitrogens with zero attached hydrogens (tertiary/aromatic N) is 1. The molecule has 0 bridgehead atoms. The predicted octanol–water partition coefficient (Wildman–Crippen LogP) is 4.48. The summed E-state index contributed by atoms with van der Waals surface area (Å²) in [6.45, 7) is 0.824. The summed E-state index contributed by atoms with van der Waals surface area (Å²) < 4.78 is 117. The van der Waals surface area contributed by atoms with Crippen molar-refractivity contribution in [3.63, 3.8) is 0 Å². The smallest absolute Gasteiger partial charge is 0.321 e. The van der Waals surface area contributed by atoms with Gasteiger partial charge in [-0.15, -0.1) is 0 Å². The minimum atomic E-state index is -6.96. The van der Waals surface area contributed by atoms with Crippen LogP contribution >= 0.6 is 0 Å². The van der Waals surface area contributed by atoms with Crippen molar-refractivity contribution < 1.29 is 49.2 Å². The monoisotopic (exact) mass is 398 g/mol. The van der Waals surface area contributed by atoms with Crippen molar-refractivity contribution in [2.75, 3.05) is 5.32 Å². The van der Waals surface area contributed by atoms with E-state index in [9.17, 15) is 54.4 Å². The molecule has 0 aliphatic carbocycles. The highest BCUT2D eigenvalue weighted by atomic mass is 19.4. The van der Waals surface area contributed by atoms with Crippen LogP contribution in [0.1, 0.15) is 12.5 Å². The minimum Gasteiger partial charge on any atom is -0.321 e. The number of hydrogen-bond acceptors (Lipinski definition) is 3. The zero-order chi connectivity index (χ0) is 20.7. The van der Waals surface area contributed by atoms with Crippen LogP contribution in [0.15, 0.2) is 18.2 Å². The quantitative estimate of drug-likeness (QED) is 0.462. The summed E-state index contributed by atoms with van der Waals surface area (Å²) in [7, 11) is 0. The Labute approximate surface area is 137 Å². The molecule has 26 heavy (non-hydrogen) atoms. The highest BCUT2D eigenvalue weighted by Gasteiger charge is 2.81. The van der Waals surface area contributed by atoms with Crippen LogP contribution < -0.4 is 5.32 Å². The molecule has 1 amide bonds. The molecule has 1 N–H and O–H groups in total. The van der Waals surface area contributed by atoms with Crippen LogP contribution in [0.5, 0.6) is 0 Å². The summed E-state index contributed by atoms with van der Waals surface area (Å²) >= 11 is 0. The molecule has 1 aromatic rings. The highest BCUT2D eigenvalue weighted by molar-refractivity contribution is 5.91. The van der Waals surface area contributed by atoms with Crippen LogP contribution in [0.25, 0.3) is 0 Å². The maximum atomic E-state index is 14.2. The van der Waals surface area contributed by atoms with Crippen LogP contribution in [-0.4, -0.2) is 29.1 Å². The lowest BCUT2D eigenvalue weighted by atomic mass is 9.87. The molecule has 1 rings (SSSR count). The number of alkyl halides is 9. The van der Waals surface area contributed by atoms with Gasteiger partial charge in [0.1, 0.15) is 5.69 Å². The second-order valence-electron chi connectivity index (χ2n) is 4.90. The Balaban J connectivity index is 3.78. The number of rotatable bonds is 4. The summed E-state index contributed by atoms with van der Waals surface area (Å²) in [6.07, 6.45) is -13.7. The maximum absolute atomic E-state index is 14.2. The number of nitro benzene ring substituents is 1. The lowest BCUT2D eigenvalue weighted by Gasteiger charge is -2.36. The summed E-state index contributed by atoms with van der Waals surface area (Å²) in [5.41, 5.74) is -11.0. The van der Waals surface area contributed by atoms with Gasteiger partial charge in [-0.25, -0.2) is 4.39 Å². The molecule has 1 atom stereocenters. The SMILES string of the molecule is CC(=O)Nc1ccc(C(F)(C(F)(F)F)C(F)(F)C(F)(F)F)cc1[N+](=O)[O-]. The van der Waals surface area contributed by atoms with Crippen molar-refractivity contribution in [2.24, 2.45) is 0 Å². The fourth-order valence-corrected chi connectivity index (χ4v) is 1.91. The number of hydrogen-bond donors (Lipinski definition) is 1. The van der Waals surface area contributed by atoms with Gasteiger partial charge in [0.2, 0.25) is 5.91 Å². The molecule has 0 spiro atoms. The highest BCUT2D eigenvalue weighted by Crippen LogP contribution is 2.58. The molecule has 0 saturated carbocycles. The van der Waals surface area contributed by atoms with Crippen LogP contribution in [0.4, 0.5) is 50.9 Å². The van der Waals surface area contributed by atoms with Gasteiger partial charge in [-0.3, -0.25) is 14.9 Å². The van der Waals surface area contributed by atoms with Crippen LogP contribution in [0.3, 0.4) is 0 Å². The summed E-state index contributed by atoms with van der Waals surface area (Å²) in [5.74, 6) is -7.93. The van der Waals surface area contributed by atoms with Crippen molar-refractivity contribution >= 4 is 17.3 Å². The number of anilines is 1. The van der Waals surface area contributed by atoms with Crippen molar-refractivity contribution in [2.45, 2.75) is 30.9 Å². The average Bonchev–Trinajstić information content (AvgIpc) is 2.43. The first-order valence-electron chi connectivity index (χ1n) is 6.23. The van der Waals surface area contributed by atoms with E-state index in [4.69, 9.17) is 0 Å². The Morgan fingerprint density at radius 2 is 1.50 bits per heavy atom. The number of carbonyl (C=O) groups excluding carboxylic acids is 1. The first-order valence-corrected chi connectivity index (χ1v) is 6.23. The number of amides is 1. The molecule has 1 unspecified atom stereocenters. The Morgan fingerprint density at radius 1 is 1.00 bits per heavy atom. The van der Waals surface area contributed by atoms with E-state index in [1.54, 1.807) is 5.32 Å². The van der Waals surface area contributed by atoms with E-state index in [0.717, 1.165) is 6.92 Å². The van der Waals surface area contributed by atoms with Crippen LogP contribution in [0, 0.1) is 10.1 Å². The average molecular weight is 398 g/mol. The van der Waals surface area contributed by atoms with E-state index in [1.807, 2.05) is 0 Å². The third-order valence-corrected chi connectivity index (χ3v) is 3.08. The number of carbonyl (C=O) groups is 1. The fourth-order valence-electron chi connectivity index (χ4n) is 1.91. The molecule has 0 radical (unpaired) electrons. The summed E-state index contributed by atoms with van der Waals surface area (Å²) in [4.78, 5) is 20.2. The van der Waals surface area contributed by atoms with Crippen molar-refractivity contribution in [1.82, 2.24) is 0 Å². The molecule has 5 nitrogen and oxygen atoms in total. The Morgan fingerprint density at radius 3 is 1.85 bits per heavy atom.